The number of carbonyl (C=O) groups is 3. The second-order valence-corrected chi connectivity index (χ2v) is 11.2. The number of nitrogens with one attached hydrogen (secondary N) is 1. The zero-order valence-corrected chi connectivity index (χ0v) is 25.4. The van der Waals surface area contributed by atoms with Crippen molar-refractivity contribution in [2.75, 3.05) is 41.9 Å². The molecular weight excluding hydrogens is 542 g/mol. The summed E-state index contributed by atoms with van der Waals surface area (Å²) < 4.78 is 10.8. The van der Waals surface area contributed by atoms with Gasteiger partial charge in [-0.3, -0.25) is 14.5 Å². The smallest absolute Gasteiger partial charge is 0.326 e. The van der Waals surface area contributed by atoms with Gasteiger partial charge in [-0.2, -0.15) is 0 Å². The minimum Gasteiger partial charge on any atom is -0.495 e. The first kappa shape index (κ1) is 30.1. The largest absolute Gasteiger partial charge is 0.495 e. The van der Waals surface area contributed by atoms with E-state index in [9.17, 15) is 14.4 Å². The number of methoxy groups -OCH3 is 1. The fraction of sp³-hybridized carbons (Fsp3) is 0.400. The lowest BCUT2D eigenvalue weighted by molar-refractivity contribution is -0.143. The molecule has 2 aliphatic rings. The molecule has 3 amide bonds. The van der Waals surface area contributed by atoms with E-state index in [1.54, 1.807) is 18.1 Å². The van der Waals surface area contributed by atoms with Crippen LogP contribution in [0.2, 0.25) is 0 Å². The van der Waals surface area contributed by atoms with Gasteiger partial charge in [0.25, 0.3) is 0 Å². The minimum atomic E-state index is -0.209. The Hall–Kier alpha value is -4.33. The molecule has 1 unspecified atom stereocenters. The summed E-state index contributed by atoms with van der Waals surface area (Å²) in [6, 6.07) is 19.4. The third-order valence-corrected chi connectivity index (χ3v) is 8.39. The first-order valence-electron chi connectivity index (χ1n) is 15.3. The molecule has 43 heavy (non-hydrogen) atoms. The van der Waals surface area contributed by atoms with Crippen molar-refractivity contribution >= 4 is 35.0 Å². The number of hydrogen-bond donors (Lipinski definition) is 1. The molecule has 2 aliphatic heterocycles. The molecule has 0 fully saturated rings. The number of carbonyl (C=O) groups excluding carboxylic acids is 3. The Labute approximate surface area is 254 Å². The summed E-state index contributed by atoms with van der Waals surface area (Å²) >= 11 is 0. The summed E-state index contributed by atoms with van der Waals surface area (Å²) in [5, 5.41) is 2.98. The third kappa shape index (κ3) is 6.85. The predicted molar refractivity (Wildman–Crippen MR) is 169 cm³/mol. The number of anilines is 3. The van der Waals surface area contributed by atoms with Crippen molar-refractivity contribution in [3.63, 3.8) is 0 Å². The molecule has 5 rings (SSSR count). The van der Waals surface area contributed by atoms with Crippen LogP contribution >= 0.6 is 0 Å². The molecule has 0 spiro atoms. The van der Waals surface area contributed by atoms with Gasteiger partial charge in [0, 0.05) is 24.5 Å². The van der Waals surface area contributed by atoms with Gasteiger partial charge in [-0.05, 0) is 78.6 Å². The second-order valence-electron chi connectivity index (χ2n) is 11.2. The Balaban J connectivity index is 1.25. The number of amides is 3. The van der Waals surface area contributed by atoms with Crippen LogP contribution in [0.15, 0.2) is 60.7 Å². The highest BCUT2D eigenvalue weighted by atomic mass is 16.5. The van der Waals surface area contributed by atoms with Crippen LogP contribution in [0.1, 0.15) is 67.7 Å². The highest BCUT2D eigenvalue weighted by Gasteiger charge is 2.28. The molecule has 0 radical (unpaired) electrons. The van der Waals surface area contributed by atoms with E-state index in [-0.39, 0.29) is 30.2 Å². The summed E-state index contributed by atoms with van der Waals surface area (Å²) in [7, 11) is 1.56. The van der Waals surface area contributed by atoms with Gasteiger partial charge in [-0.25, -0.2) is 4.79 Å². The Morgan fingerprint density at radius 3 is 2.47 bits per heavy atom. The zero-order chi connectivity index (χ0) is 30.3. The van der Waals surface area contributed by atoms with Crippen LogP contribution in [-0.4, -0.2) is 44.7 Å². The fourth-order valence-corrected chi connectivity index (χ4v) is 6.14. The maximum Gasteiger partial charge on any atom is 0.326 e. The van der Waals surface area contributed by atoms with Crippen LogP contribution in [0.4, 0.5) is 21.9 Å². The number of nitrogens with zero attached hydrogens (tertiary/aromatic N) is 2. The molecule has 226 valence electrons. The van der Waals surface area contributed by atoms with Crippen LogP contribution in [0.25, 0.3) is 0 Å². The SMILES string of the molecule is CCCCC(CC(=O)OCC)c1ccc2c(c1)CCN2C(=O)Cc1ccc(NC(=O)N2CCc3ccccc32)c(OC)c1. The highest BCUT2D eigenvalue weighted by Crippen LogP contribution is 2.35. The summed E-state index contributed by atoms with van der Waals surface area (Å²) in [6.07, 6.45) is 5.24. The molecule has 2 heterocycles. The summed E-state index contributed by atoms with van der Waals surface area (Å²) in [5.74, 6) is 0.467. The van der Waals surface area contributed by atoms with Crippen molar-refractivity contribution in [2.45, 2.75) is 64.7 Å². The molecule has 0 aromatic heterocycles. The summed E-state index contributed by atoms with van der Waals surface area (Å²) in [6.45, 7) is 5.62. The third-order valence-electron chi connectivity index (χ3n) is 8.39. The van der Waals surface area contributed by atoms with Gasteiger partial charge in [0.15, 0.2) is 0 Å². The molecule has 1 N–H and O–H groups in total. The van der Waals surface area contributed by atoms with Crippen LogP contribution < -0.4 is 19.9 Å². The van der Waals surface area contributed by atoms with Crippen molar-refractivity contribution in [3.8, 4) is 5.75 Å². The van der Waals surface area contributed by atoms with Gasteiger partial charge in [0.2, 0.25) is 5.91 Å². The molecule has 3 aromatic rings. The number of unbranched alkanes of at least 4 members (excludes halogenated alkanes) is 1. The van der Waals surface area contributed by atoms with E-state index in [0.29, 0.717) is 37.6 Å². The van der Waals surface area contributed by atoms with Crippen molar-refractivity contribution in [1.82, 2.24) is 0 Å². The molecule has 0 aliphatic carbocycles. The molecule has 3 aromatic carbocycles. The number of fused-ring (bicyclic) bond motifs is 2. The van der Waals surface area contributed by atoms with Crippen LogP contribution in [0, 0.1) is 0 Å². The van der Waals surface area contributed by atoms with Crippen LogP contribution in [0.3, 0.4) is 0 Å². The minimum absolute atomic E-state index is 0.00747. The quantitative estimate of drug-likeness (QED) is 0.256. The summed E-state index contributed by atoms with van der Waals surface area (Å²) in [5.41, 5.74) is 6.66. The average Bonchev–Trinajstić information content (AvgIpc) is 3.64. The molecule has 8 heteroatoms. The van der Waals surface area contributed by atoms with E-state index in [1.165, 1.54) is 0 Å². The van der Waals surface area contributed by atoms with E-state index in [4.69, 9.17) is 9.47 Å². The number of esters is 1. The van der Waals surface area contributed by atoms with Crippen molar-refractivity contribution in [2.24, 2.45) is 0 Å². The zero-order valence-electron chi connectivity index (χ0n) is 25.4. The van der Waals surface area contributed by atoms with Crippen molar-refractivity contribution < 1.29 is 23.9 Å². The summed E-state index contributed by atoms with van der Waals surface area (Å²) in [4.78, 5) is 42.4. The molecular formula is C35H41N3O5. The Kier molecular flexibility index (Phi) is 9.65. The molecule has 0 saturated heterocycles. The standard InChI is InChI=1S/C35H41N3O5/c1-4-6-9-26(23-34(40)43-5-2)27-13-15-31-28(22-27)17-18-37(31)33(39)21-24-12-14-29(32(20-24)42-3)36-35(41)38-19-16-25-10-7-8-11-30(25)38/h7-8,10-15,20,22,26H,4-6,9,16-19,21,23H2,1-3H3,(H,36,41). The Bertz CT molecular complexity index is 1490. The first-order valence-corrected chi connectivity index (χ1v) is 15.3. The number of para-hydroxylation sites is 1. The fourth-order valence-electron chi connectivity index (χ4n) is 6.14. The molecule has 1 atom stereocenters. The normalized spacial score (nSPS) is 14.2. The van der Waals surface area contributed by atoms with E-state index < -0.39 is 0 Å². The van der Waals surface area contributed by atoms with E-state index >= 15 is 0 Å². The Morgan fingerprint density at radius 2 is 1.67 bits per heavy atom. The average molecular weight is 584 g/mol. The Morgan fingerprint density at radius 1 is 0.907 bits per heavy atom. The molecule has 8 nitrogen and oxygen atoms in total. The molecule has 0 bridgehead atoms. The second kappa shape index (κ2) is 13.8. The van der Waals surface area contributed by atoms with Crippen molar-refractivity contribution in [3.05, 3.63) is 82.9 Å². The number of urea groups is 1. The van der Waals surface area contributed by atoms with E-state index in [2.05, 4.69) is 24.4 Å². The van der Waals surface area contributed by atoms with Gasteiger partial charge < -0.3 is 19.7 Å². The topological polar surface area (TPSA) is 88.2 Å². The lowest BCUT2D eigenvalue weighted by Crippen LogP contribution is -2.33. The number of rotatable bonds is 11. The van der Waals surface area contributed by atoms with Crippen LogP contribution in [0.5, 0.6) is 5.75 Å². The van der Waals surface area contributed by atoms with E-state index in [0.717, 1.165) is 65.7 Å². The maximum absolute atomic E-state index is 13.5. The number of ether oxygens (including phenoxy) is 2. The van der Waals surface area contributed by atoms with Gasteiger partial charge in [0.05, 0.1) is 32.2 Å². The molecule has 0 saturated carbocycles. The van der Waals surface area contributed by atoms with Gasteiger partial charge in [-0.15, -0.1) is 0 Å². The number of benzene rings is 3. The number of hydrogen-bond acceptors (Lipinski definition) is 5. The maximum atomic E-state index is 13.5. The predicted octanol–water partition coefficient (Wildman–Crippen LogP) is 6.65. The lowest BCUT2D eigenvalue weighted by atomic mass is 9.89. The van der Waals surface area contributed by atoms with Crippen LogP contribution in [-0.2, 0) is 33.6 Å². The lowest BCUT2D eigenvalue weighted by Gasteiger charge is -2.21. The van der Waals surface area contributed by atoms with Gasteiger partial charge in [-0.1, -0.05) is 56.2 Å². The van der Waals surface area contributed by atoms with Gasteiger partial charge in [0.1, 0.15) is 5.75 Å². The van der Waals surface area contributed by atoms with Gasteiger partial charge >= 0.3 is 12.0 Å². The monoisotopic (exact) mass is 583 g/mol. The first-order chi connectivity index (χ1) is 20.9. The van der Waals surface area contributed by atoms with E-state index in [1.807, 2.05) is 54.3 Å². The van der Waals surface area contributed by atoms with Crippen molar-refractivity contribution in [1.29, 1.82) is 0 Å². The highest BCUT2D eigenvalue weighted by molar-refractivity contribution is 6.04.